The summed E-state index contributed by atoms with van der Waals surface area (Å²) in [6.45, 7) is 4.74. The SMILES string of the molecule is CCCC/C=C\CCCCCCCC(=O)OC(COC(=O)CCCCCCCC/C=C\C/C=C\C/C=C\CCCCC)COP(=O)(O)OCC(O)COP(=O)(O)OCC(COC(=O)CCCCCCCC/C=C\C/C=C\C/C=C\CCCCC)OC(=O)CCCCCCCC/C=C\C/C=C\C/C=C\CCCCC. The molecular weight excluding hydrogens is 1400 g/mol. The van der Waals surface area contributed by atoms with E-state index in [1.165, 1.54) is 70.6 Å². The number of rotatable bonds is 80. The number of allylic oxidation sites excluding steroid dienone is 20. The summed E-state index contributed by atoms with van der Waals surface area (Å²) in [5.41, 5.74) is 0. The lowest BCUT2D eigenvalue weighted by molar-refractivity contribution is -0.161. The van der Waals surface area contributed by atoms with E-state index in [1.807, 2.05) is 0 Å². The molecule has 0 bridgehead atoms. The van der Waals surface area contributed by atoms with Gasteiger partial charge >= 0.3 is 39.5 Å². The number of phosphoric acid groups is 2. The highest BCUT2D eigenvalue weighted by Gasteiger charge is 2.30. The zero-order valence-corrected chi connectivity index (χ0v) is 70.0. The number of carbonyl (C=O) groups excluding carboxylic acids is 4. The van der Waals surface area contributed by atoms with Gasteiger partial charge in [-0.15, -0.1) is 0 Å². The average Bonchev–Trinajstić information content (AvgIpc) is 0.900. The van der Waals surface area contributed by atoms with Crippen molar-refractivity contribution in [1.29, 1.82) is 0 Å². The minimum atomic E-state index is -4.99. The highest BCUT2D eigenvalue weighted by Crippen LogP contribution is 2.45. The van der Waals surface area contributed by atoms with Gasteiger partial charge in [0.1, 0.15) is 19.3 Å². The number of phosphoric ester groups is 2. The molecule has 0 radical (unpaired) electrons. The van der Waals surface area contributed by atoms with Crippen molar-refractivity contribution in [1.82, 2.24) is 0 Å². The van der Waals surface area contributed by atoms with Crippen molar-refractivity contribution in [2.75, 3.05) is 39.6 Å². The molecule has 0 aromatic heterocycles. The predicted molar refractivity (Wildman–Crippen MR) is 445 cm³/mol. The Hall–Kier alpha value is -4.54. The van der Waals surface area contributed by atoms with E-state index in [9.17, 15) is 43.2 Å². The highest BCUT2D eigenvalue weighted by molar-refractivity contribution is 7.47. The van der Waals surface area contributed by atoms with E-state index in [0.717, 1.165) is 212 Å². The van der Waals surface area contributed by atoms with Crippen LogP contribution in [-0.4, -0.2) is 96.7 Å². The molecule has 17 nitrogen and oxygen atoms in total. The van der Waals surface area contributed by atoms with E-state index < -0.39 is 97.5 Å². The lowest BCUT2D eigenvalue weighted by Gasteiger charge is -2.21. The van der Waals surface area contributed by atoms with Crippen molar-refractivity contribution in [3.63, 3.8) is 0 Å². The van der Waals surface area contributed by atoms with Crippen LogP contribution in [0.4, 0.5) is 0 Å². The van der Waals surface area contributed by atoms with E-state index in [4.69, 9.17) is 37.0 Å². The zero-order chi connectivity index (χ0) is 78.9. The van der Waals surface area contributed by atoms with Gasteiger partial charge < -0.3 is 33.8 Å². The summed E-state index contributed by atoms with van der Waals surface area (Å²) in [5.74, 6) is -2.21. The number of carbonyl (C=O) groups is 4. The Morgan fingerprint density at radius 2 is 0.463 bits per heavy atom. The molecule has 0 aliphatic rings. The molecule has 0 rings (SSSR count). The normalized spacial score (nSPS) is 14.4. The molecular formula is C89H154O17P2. The number of unbranched alkanes of at least 4 members (excludes halogenated alkanes) is 34. The third-order valence-corrected chi connectivity index (χ3v) is 19.8. The molecule has 0 spiro atoms. The number of aliphatic hydroxyl groups is 1. The molecule has 0 heterocycles. The van der Waals surface area contributed by atoms with Crippen LogP contribution in [0.2, 0.25) is 0 Å². The summed E-state index contributed by atoms with van der Waals surface area (Å²) >= 11 is 0. The van der Waals surface area contributed by atoms with Crippen LogP contribution < -0.4 is 0 Å². The van der Waals surface area contributed by atoms with Crippen molar-refractivity contribution in [2.45, 2.75) is 380 Å². The smallest absolute Gasteiger partial charge is 0.462 e. The number of esters is 4. The van der Waals surface area contributed by atoms with Crippen LogP contribution in [0, 0.1) is 0 Å². The van der Waals surface area contributed by atoms with Crippen LogP contribution in [0.3, 0.4) is 0 Å². The minimum Gasteiger partial charge on any atom is -0.462 e. The van der Waals surface area contributed by atoms with Gasteiger partial charge in [-0.2, -0.15) is 0 Å². The maximum absolute atomic E-state index is 13.1. The molecule has 5 unspecified atom stereocenters. The maximum Gasteiger partial charge on any atom is 0.472 e. The summed E-state index contributed by atoms with van der Waals surface area (Å²) in [4.78, 5) is 73.2. The van der Waals surface area contributed by atoms with Crippen LogP contribution in [0.5, 0.6) is 0 Å². The van der Waals surface area contributed by atoms with E-state index in [1.54, 1.807) is 0 Å². The van der Waals surface area contributed by atoms with E-state index in [2.05, 4.69) is 149 Å². The van der Waals surface area contributed by atoms with Gasteiger partial charge in [0.25, 0.3) is 0 Å². The highest BCUT2D eigenvalue weighted by atomic mass is 31.2. The predicted octanol–water partition coefficient (Wildman–Crippen LogP) is 25.5. The lowest BCUT2D eigenvalue weighted by Crippen LogP contribution is -2.30. The molecule has 5 atom stereocenters. The number of hydrogen-bond acceptors (Lipinski definition) is 15. The van der Waals surface area contributed by atoms with Crippen LogP contribution in [-0.2, 0) is 65.4 Å². The number of ether oxygens (including phenoxy) is 4. The maximum atomic E-state index is 13.1. The lowest BCUT2D eigenvalue weighted by atomic mass is 10.1. The Morgan fingerprint density at radius 1 is 0.259 bits per heavy atom. The third-order valence-electron chi connectivity index (χ3n) is 17.9. The van der Waals surface area contributed by atoms with Gasteiger partial charge in [0.15, 0.2) is 12.2 Å². The third kappa shape index (κ3) is 79.5. The average molecular weight is 1560 g/mol. The summed E-state index contributed by atoms with van der Waals surface area (Å²) < 4.78 is 68.7. The molecule has 0 saturated heterocycles. The fraction of sp³-hybridized carbons (Fsp3) is 0.730. The van der Waals surface area contributed by atoms with Crippen LogP contribution in [0.15, 0.2) is 122 Å². The molecule has 19 heteroatoms. The van der Waals surface area contributed by atoms with Crippen molar-refractivity contribution in [3.8, 4) is 0 Å². The van der Waals surface area contributed by atoms with Crippen molar-refractivity contribution < 1.29 is 80.2 Å². The van der Waals surface area contributed by atoms with E-state index in [0.29, 0.717) is 25.7 Å². The Labute approximate surface area is 657 Å². The molecule has 0 aliphatic carbocycles. The second kappa shape index (κ2) is 80.5. The first kappa shape index (κ1) is 103. The molecule has 0 aliphatic heterocycles. The minimum absolute atomic E-state index is 0.0755. The topological polar surface area (TPSA) is 237 Å². The monoisotopic (exact) mass is 1560 g/mol. The zero-order valence-electron chi connectivity index (χ0n) is 68.2. The fourth-order valence-corrected chi connectivity index (χ4v) is 12.9. The first-order chi connectivity index (χ1) is 52.7. The number of aliphatic hydroxyl groups excluding tert-OH is 1. The van der Waals surface area contributed by atoms with Gasteiger partial charge in [-0.3, -0.25) is 37.3 Å². The first-order valence-corrected chi connectivity index (χ1v) is 45.8. The summed E-state index contributed by atoms with van der Waals surface area (Å²) in [5, 5.41) is 10.7. The van der Waals surface area contributed by atoms with Gasteiger partial charge in [0, 0.05) is 25.7 Å². The first-order valence-electron chi connectivity index (χ1n) is 42.8. The molecule has 0 saturated carbocycles. The summed E-state index contributed by atoms with van der Waals surface area (Å²) in [6.07, 6.45) is 90.1. The Kier molecular flexibility index (Phi) is 77.1. The van der Waals surface area contributed by atoms with Crippen LogP contribution in [0.1, 0.15) is 362 Å². The number of hydrogen-bond donors (Lipinski definition) is 3. The Balaban J connectivity index is 5.36. The molecule has 3 N–H and O–H groups in total. The largest absolute Gasteiger partial charge is 0.472 e. The summed E-state index contributed by atoms with van der Waals surface area (Å²) in [6, 6.07) is 0. The molecule has 0 amide bonds. The van der Waals surface area contributed by atoms with Gasteiger partial charge in [-0.1, -0.05) is 297 Å². The van der Waals surface area contributed by atoms with E-state index in [-0.39, 0.29) is 25.7 Å². The van der Waals surface area contributed by atoms with Gasteiger partial charge in [-0.25, -0.2) is 9.13 Å². The Bertz CT molecular complexity index is 2520. The van der Waals surface area contributed by atoms with Crippen molar-refractivity contribution >= 4 is 39.5 Å². The second-order valence-corrected chi connectivity index (χ2v) is 31.3. The van der Waals surface area contributed by atoms with Crippen LogP contribution in [0.25, 0.3) is 0 Å². The van der Waals surface area contributed by atoms with Crippen LogP contribution >= 0.6 is 15.6 Å². The van der Waals surface area contributed by atoms with Gasteiger partial charge in [0.05, 0.1) is 26.4 Å². The molecule has 0 fully saturated rings. The second-order valence-electron chi connectivity index (χ2n) is 28.4. The van der Waals surface area contributed by atoms with Gasteiger partial charge in [-0.05, 0) is 161 Å². The quantitative estimate of drug-likeness (QED) is 0.0169. The molecule has 622 valence electrons. The molecule has 108 heavy (non-hydrogen) atoms. The Morgan fingerprint density at radius 3 is 0.731 bits per heavy atom. The van der Waals surface area contributed by atoms with Crippen molar-refractivity contribution in [3.05, 3.63) is 122 Å². The molecule has 0 aromatic rings. The molecule has 0 aromatic carbocycles. The van der Waals surface area contributed by atoms with E-state index >= 15 is 0 Å². The summed E-state index contributed by atoms with van der Waals surface area (Å²) in [7, 11) is -9.98. The van der Waals surface area contributed by atoms with Gasteiger partial charge in [0.2, 0.25) is 0 Å². The standard InChI is InChI=1S/C89H154O17P2/c1-5-9-13-17-21-25-29-32-35-38-41-44-47-50-54-57-61-65-69-73-86(91)99-79-84(105-88(93)75-71-67-63-59-53-28-24-20-16-12-8-4)81-103-107(95,96)101-77-83(90)78-102-108(97,98)104-82-85(106-89(94)76-72-68-64-60-56-52-49-46-43-40-37-34-31-27-23-19-15-11-7-3)80-100-87(92)74-70-66-62-58-55-51-48-45-42-39-36-33-30-26-22-18-14-10-6-2/h20-27,32-37,41-46,83-85,90H,5-19,28-31,38-40,47-82H2,1-4H3,(H,95,96)(H,97,98)/b24-20-,25-21-,26-22-,27-23-,35-32-,36-33-,37-34-,44-41-,45-42-,46-43-. The fourth-order valence-electron chi connectivity index (χ4n) is 11.3. The van der Waals surface area contributed by atoms with Crippen molar-refractivity contribution in [2.24, 2.45) is 0 Å².